The van der Waals surface area contributed by atoms with E-state index in [0.717, 1.165) is 18.6 Å². The Labute approximate surface area is 113 Å². The molecular formula is C13H12F2N2OS. The molecule has 19 heavy (non-hydrogen) atoms. The van der Waals surface area contributed by atoms with E-state index < -0.39 is 11.6 Å². The first kappa shape index (κ1) is 13.6. The second kappa shape index (κ2) is 5.88. The van der Waals surface area contributed by atoms with Gasteiger partial charge in [-0.3, -0.25) is 4.79 Å². The van der Waals surface area contributed by atoms with Gasteiger partial charge in [0, 0.05) is 17.4 Å². The minimum Gasteiger partial charge on any atom is -0.302 e. The third-order valence-electron chi connectivity index (χ3n) is 2.44. The SMILES string of the molecule is CCCC(=O)Nc1nc(-c2ccc(F)c(F)c2)cs1. The van der Waals surface area contributed by atoms with Crippen molar-refractivity contribution in [1.29, 1.82) is 0 Å². The second-order valence-corrected chi connectivity index (χ2v) is 4.82. The number of nitrogens with zero attached hydrogens (tertiary/aromatic N) is 1. The fraction of sp³-hybridized carbons (Fsp3) is 0.231. The number of rotatable bonds is 4. The summed E-state index contributed by atoms with van der Waals surface area (Å²) >= 11 is 1.25. The van der Waals surface area contributed by atoms with Crippen LogP contribution in [0.25, 0.3) is 11.3 Å². The number of hydrogen-bond acceptors (Lipinski definition) is 3. The van der Waals surface area contributed by atoms with Crippen molar-refractivity contribution in [3.05, 3.63) is 35.2 Å². The standard InChI is InChI=1S/C13H12F2N2OS/c1-2-3-12(18)17-13-16-11(7-19-13)8-4-5-9(14)10(15)6-8/h4-7H,2-3H2,1H3,(H,16,17,18). The van der Waals surface area contributed by atoms with Crippen LogP contribution < -0.4 is 5.32 Å². The van der Waals surface area contributed by atoms with Crippen molar-refractivity contribution in [2.45, 2.75) is 19.8 Å². The van der Waals surface area contributed by atoms with E-state index in [1.165, 1.54) is 17.4 Å². The number of anilines is 1. The quantitative estimate of drug-likeness (QED) is 0.926. The molecule has 1 aromatic heterocycles. The normalized spacial score (nSPS) is 10.5. The van der Waals surface area contributed by atoms with Gasteiger partial charge in [-0.15, -0.1) is 11.3 Å². The molecule has 2 rings (SSSR count). The molecule has 6 heteroatoms. The number of aromatic nitrogens is 1. The van der Waals surface area contributed by atoms with Gasteiger partial charge in [-0.25, -0.2) is 13.8 Å². The maximum Gasteiger partial charge on any atom is 0.226 e. The number of halogens is 2. The van der Waals surface area contributed by atoms with Gasteiger partial charge < -0.3 is 5.32 Å². The van der Waals surface area contributed by atoms with Gasteiger partial charge in [-0.1, -0.05) is 6.92 Å². The zero-order valence-corrected chi connectivity index (χ0v) is 11.1. The highest BCUT2D eigenvalue weighted by molar-refractivity contribution is 7.14. The molecule has 1 N–H and O–H groups in total. The fourth-order valence-electron chi connectivity index (χ4n) is 1.53. The molecule has 0 atom stereocenters. The summed E-state index contributed by atoms with van der Waals surface area (Å²) in [4.78, 5) is 15.6. The molecule has 0 unspecified atom stereocenters. The maximum absolute atomic E-state index is 13.1. The van der Waals surface area contributed by atoms with Crippen molar-refractivity contribution in [1.82, 2.24) is 4.98 Å². The lowest BCUT2D eigenvalue weighted by atomic mass is 10.2. The van der Waals surface area contributed by atoms with E-state index >= 15 is 0 Å². The summed E-state index contributed by atoms with van der Waals surface area (Å²) in [6.07, 6.45) is 1.19. The highest BCUT2D eigenvalue weighted by Gasteiger charge is 2.09. The number of carbonyl (C=O) groups is 1. The Kier molecular flexibility index (Phi) is 4.21. The van der Waals surface area contributed by atoms with Crippen molar-refractivity contribution in [3.63, 3.8) is 0 Å². The van der Waals surface area contributed by atoms with Gasteiger partial charge in [0.15, 0.2) is 16.8 Å². The number of thiazole rings is 1. The first-order valence-corrected chi connectivity index (χ1v) is 6.69. The Morgan fingerprint density at radius 2 is 2.16 bits per heavy atom. The Morgan fingerprint density at radius 3 is 2.84 bits per heavy atom. The summed E-state index contributed by atoms with van der Waals surface area (Å²) in [6, 6.07) is 3.59. The zero-order valence-electron chi connectivity index (χ0n) is 10.2. The van der Waals surface area contributed by atoms with Gasteiger partial charge >= 0.3 is 0 Å². The molecule has 100 valence electrons. The molecule has 0 fully saturated rings. The van der Waals surface area contributed by atoms with E-state index in [-0.39, 0.29) is 5.91 Å². The first-order valence-electron chi connectivity index (χ1n) is 5.81. The van der Waals surface area contributed by atoms with Crippen molar-refractivity contribution in [2.24, 2.45) is 0 Å². The van der Waals surface area contributed by atoms with Crippen LogP contribution in [-0.2, 0) is 4.79 Å². The van der Waals surface area contributed by atoms with Crippen LogP contribution in [0.15, 0.2) is 23.6 Å². The predicted octanol–water partition coefficient (Wildman–Crippen LogP) is 3.83. The van der Waals surface area contributed by atoms with Crippen molar-refractivity contribution >= 4 is 22.4 Å². The van der Waals surface area contributed by atoms with Gasteiger partial charge in [-0.05, 0) is 24.6 Å². The summed E-state index contributed by atoms with van der Waals surface area (Å²) in [6.45, 7) is 1.91. The minimum absolute atomic E-state index is 0.103. The van der Waals surface area contributed by atoms with Crippen LogP contribution in [-0.4, -0.2) is 10.9 Å². The smallest absolute Gasteiger partial charge is 0.226 e. The van der Waals surface area contributed by atoms with Gasteiger partial charge in [0.05, 0.1) is 5.69 Å². The summed E-state index contributed by atoms with van der Waals surface area (Å²) in [5.41, 5.74) is 0.988. The number of nitrogens with one attached hydrogen (secondary N) is 1. The molecule has 0 saturated heterocycles. The predicted molar refractivity (Wildman–Crippen MR) is 71.0 cm³/mol. The lowest BCUT2D eigenvalue weighted by Gasteiger charge is -1.99. The monoisotopic (exact) mass is 282 g/mol. The molecule has 0 saturated carbocycles. The van der Waals surface area contributed by atoms with E-state index in [0.29, 0.717) is 22.8 Å². The molecule has 3 nitrogen and oxygen atoms in total. The van der Waals surface area contributed by atoms with Gasteiger partial charge in [0.25, 0.3) is 0 Å². The van der Waals surface area contributed by atoms with Crippen molar-refractivity contribution < 1.29 is 13.6 Å². The Balaban J connectivity index is 2.16. The van der Waals surface area contributed by atoms with Crippen LogP contribution in [0.4, 0.5) is 13.9 Å². The highest BCUT2D eigenvalue weighted by atomic mass is 32.1. The van der Waals surface area contributed by atoms with Crippen LogP contribution in [0.5, 0.6) is 0 Å². The van der Waals surface area contributed by atoms with E-state index in [9.17, 15) is 13.6 Å². The molecule has 0 aliphatic carbocycles. The number of hydrogen-bond donors (Lipinski definition) is 1. The Hall–Kier alpha value is -1.82. The van der Waals surface area contributed by atoms with Gasteiger partial charge in [0.2, 0.25) is 5.91 Å². The molecule has 0 bridgehead atoms. The van der Waals surface area contributed by atoms with Crippen LogP contribution in [0.1, 0.15) is 19.8 Å². The highest BCUT2D eigenvalue weighted by Crippen LogP contribution is 2.26. The molecule has 0 aliphatic heterocycles. The third-order valence-corrected chi connectivity index (χ3v) is 3.20. The lowest BCUT2D eigenvalue weighted by molar-refractivity contribution is -0.116. The molecule has 0 radical (unpaired) electrons. The van der Waals surface area contributed by atoms with Gasteiger partial charge in [-0.2, -0.15) is 0 Å². The van der Waals surface area contributed by atoms with E-state index in [1.54, 1.807) is 5.38 Å². The lowest BCUT2D eigenvalue weighted by Crippen LogP contribution is -2.10. The first-order chi connectivity index (χ1) is 9.10. The van der Waals surface area contributed by atoms with Crippen LogP contribution in [0.3, 0.4) is 0 Å². The third kappa shape index (κ3) is 3.35. The van der Waals surface area contributed by atoms with E-state index in [1.807, 2.05) is 6.92 Å². The topological polar surface area (TPSA) is 42.0 Å². The maximum atomic E-state index is 13.1. The second-order valence-electron chi connectivity index (χ2n) is 3.96. The summed E-state index contributed by atoms with van der Waals surface area (Å²) in [7, 11) is 0. The molecule has 0 aliphatic rings. The average molecular weight is 282 g/mol. The Bertz CT molecular complexity index is 598. The summed E-state index contributed by atoms with van der Waals surface area (Å²) in [5, 5.41) is 4.81. The largest absolute Gasteiger partial charge is 0.302 e. The number of benzene rings is 1. The van der Waals surface area contributed by atoms with Crippen LogP contribution >= 0.6 is 11.3 Å². The molecular weight excluding hydrogens is 270 g/mol. The van der Waals surface area contributed by atoms with E-state index in [2.05, 4.69) is 10.3 Å². The minimum atomic E-state index is -0.915. The molecule has 2 aromatic rings. The van der Waals surface area contributed by atoms with Gasteiger partial charge in [0.1, 0.15) is 0 Å². The zero-order chi connectivity index (χ0) is 13.8. The number of carbonyl (C=O) groups excluding carboxylic acids is 1. The average Bonchev–Trinajstić information content (AvgIpc) is 2.81. The van der Waals surface area contributed by atoms with Crippen LogP contribution in [0.2, 0.25) is 0 Å². The molecule has 1 amide bonds. The fourth-order valence-corrected chi connectivity index (χ4v) is 2.26. The van der Waals surface area contributed by atoms with Crippen molar-refractivity contribution in [3.8, 4) is 11.3 Å². The van der Waals surface area contributed by atoms with Crippen LogP contribution in [0, 0.1) is 11.6 Å². The number of amides is 1. The summed E-state index contributed by atoms with van der Waals surface area (Å²) in [5.74, 6) is -1.91. The Morgan fingerprint density at radius 1 is 1.37 bits per heavy atom. The molecule has 1 aromatic carbocycles. The van der Waals surface area contributed by atoms with E-state index in [4.69, 9.17) is 0 Å². The summed E-state index contributed by atoms with van der Waals surface area (Å²) < 4.78 is 25.9. The molecule has 1 heterocycles. The van der Waals surface area contributed by atoms with Crippen molar-refractivity contribution in [2.75, 3.05) is 5.32 Å². The molecule has 0 spiro atoms.